The van der Waals surface area contributed by atoms with E-state index < -0.39 is 0 Å². The Labute approximate surface area is 191 Å². The van der Waals surface area contributed by atoms with Gasteiger partial charge in [-0.3, -0.25) is 19.4 Å². The molecule has 1 saturated carbocycles. The molecule has 7 heteroatoms. The number of anilines is 1. The van der Waals surface area contributed by atoms with Gasteiger partial charge in [0, 0.05) is 70.0 Å². The molecule has 1 N–H and O–H groups in total. The average molecular weight is 440 g/mol. The van der Waals surface area contributed by atoms with E-state index in [0.717, 1.165) is 58.0 Å². The van der Waals surface area contributed by atoms with Crippen molar-refractivity contribution in [3.8, 4) is 0 Å². The minimum atomic E-state index is -0.0210. The van der Waals surface area contributed by atoms with Crippen LogP contribution in [0.3, 0.4) is 0 Å². The maximum Gasteiger partial charge on any atom is 0.239 e. The van der Waals surface area contributed by atoms with E-state index in [1.54, 1.807) is 0 Å². The summed E-state index contributed by atoms with van der Waals surface area (Å²) in [5, 5.41) is 3.19. The third-order valence-corrected chi connectivity index (χ3v) is 7.98. The van der Waals surface area contributed by atoms with Crippen LogP contribution in [0.5, 0.6) is 0 Å². The van der Waals surface area contributed by atoms with E-state index in [2.05, 4.69) is 51.3 Å². The molecule has 7 nitrogen and oxygen atoms in total. The molecule has 2 amide bonds. The number of hydrogen-bond donors (Lipinski definition) is 1. The van der Waals surface area contributed by atoms with Gasteiger partial charge in [-0.2, -0.15) is 0 Å². The number of amides is 2. The molecule has 174 valence electrons. The number of rotatable bonds is 6. The molecule has 0 bridgehead atoms. The topological polar surface area (TPSA) is 59.1 Å². The maximum absolute atomic E-state index is 12.9. The first kappa shape index (κ1) is 21.7. The minimum absolute atomic E-state index is 0.0210. The van der Waals surface area contributed by atoms with Gasteiger partial charge in [0.15, 0.2) is 0 Å². The van der Waals surface area contributed by atoms with Crippen molar-refractivity contribution in [2.75, 3.05) is 57.8 Å². The SMILES string of the molecule is CN1[C@@H](CCC(=O)N2CCN(c3ccccc3)CC2)CNC(=O)[C@@H]2[C@@H]1CCN2CC1CC1. The lowest BCUT2D eigenvalue weighted by atomic mass is 10.0. The highest BCUT2D eigenvalue weighted by Crippen LogP contribution is 2.34. The Morgan fingerprint density at radius 1 is 1.03 bits per heavy atom. The second kappa shape index (κ2) is 9.40. The van der Waals surface area contributed by atoms with E-state index >= 15 is 0 Å². The number of likely N-dealkylation sites (tertiary alicyclic amines) is 1. The number of piperazine rings is 1. The fraction of sp³-hybridized carbons (Fsp3) is 0.680. The number of carbonyl (C=O) groups excluding carboxylic acids is 2. The van der Waals surface area contributed by atoms with Gasteiger partial charge >= 0.3 is 0 Å². The second-order valence-electron chi connectivity index (χ2n) is 10.0. The Hall–Kier alpha value is -2.12. The lowest BCUT2D eigenvalue weighted by Gasteiger charge is -2.37. The lowest BCUT2D eigenvalue weighted by molar-refractivity contribution is -0.132. The van der Waals surface area contributed by atoms with Gasteiger partial charge in [0.05, 0.1) is 0 Å². The predicted octanol–water partition coefficient (Wildman–Crippen LogP) is 1.40. The first-order valence-electron chi connectivity index (χ1n) is 12.4. The van der Waals surface area contributed by atoms with E-state index in [1.807, 2.05) is 11.0 Å². The zero-order chi connectivity index (χ0) is 22.1. The van der Waals surface area contributed by atoms with Crippen LogP contribution in [0.2, 0.25) is 0 Å². The van der Waals surface area contributed by atoms with E-state index in [0.29, 0.717) is 13.0 Å². The highest BCUT2D eigenvalue weighted by molar-refractivity contribution is 5.83. The molecule has 3 atom stereocenters. The Morgan fingerprint density at radius 3 is 2.50 bits per heavy atom. The van der Waals surface area contributed by atoms with Crippen molar-refractivity contribution < 1.29 is 9.59 Å². The molecule has 1 aliphatic carbocycles. The van der Waals surface area contributed by atoms with E-state index in [9.17, 15) is 9.59 Å². The van der Waals surface area contributed by atoms with Gasteiger partial charge in [-0.1, -0.05) is 18.2 Å². The summed E-state index contributed by atoms with van der Waals surface area (Å²) in [6.07, 6.45) is 5.04. The van der Waals surface area contributed by atoms with Crippen LogP contribution in [0.25, 0.3) is 0 Å². The molecule has 0 aromatic heterocycles. The molecule has 3 heterocycles. The summed E-state index contributed by atoms with van der Waals surface area (Å²) >= 11 is 0. The number of carbonyl (C=O) groups is 2. The molecule has 3 saturated heterocycles. The number of para-hydroxylation sites is 1. The lowest BCUT2D eigenvalue weighted by Crippen LogP contribution is -2.50. The van der Waals surface area contributed by atoms with Crippen LogP contribution in [0.1, 0.15) is 32.1 Å². The summed E-state index contributed by atoms with van der Waals surface area (Å²) in [6.45, 7) is 6.07. The number of nitrogens with zero attached hydrogens (tertiary/aromatic N) is 4. The van der Waals surface area contributed by atoms with Crippen LogP contribution in [0.4, 0.5) is 5.69 Å². The molecule has 1 aromatic rings. The van der Waals surface area contributed by atoms with Crippen molar-refractivity contribution in [1.82, 2.24) is 20.0 Å². The Kier molecular flexibility index (Phi) is 6.37. The van der Waals surface area contributed by atoms with Crippen molar-refractivity contribution >= 4 is 17.5 Å². The van der Waals surface area contributed by atoms with Gasteiger partial charge in [0.25, 0.3) is 0 Å². The fourth-order valence-corrected chi connectivity index (χ4v) is 5.79. The molecule has 0 spiro atoms. The second-order valence-corrected chi connectivity index (χ2v) is 10.0. The normalized spacial score (nSPS) is 29.5. The Bertz CT molecular complexity index is 806. The van der Waals surface area contributed by atoms with Gasteiger partial charge < -0.3 is 15.1 Å². The maximum atomic E-state index is 12.9. The van der Waals surface area contributed by atoms with Gasteiger partial charge in [0.2, 0.25) is 11.8 Å². The van der Waals surface area contributed by atoms with Gasteiger partial charge in [-0.15, -0.1) is 0 Å². The van der Waals surface area contributed by atoms with Crippen molar-refractivity contribution in [3.63, 3.8) is 0 Å². The smallest absolute Gasteiger partial charge is 0.239 e. The zero-order valence-corrected chi connectivity index (χ0v) is 19.3. The van der Waals surface area contributed by atoms with Crippen LogP contribution < -0.4 is 10.2 Å². The highest BCUT2D eigenvalue weighted by atomic mass is 16.2. The molecule has 32 heavy (non-hydrogen) atoms. The van der Waals surface area contributed by atoms with Crippen molar-refractivity contribution in [3.05, 3.63) is 30.3 Å². The molecule has 5 rings (SSSR count). The zero-order valence-electron chi connectivity index (χ0n) is 19.3. The number of likely N-dealkylation sites (N-methyl/N-ethyl adjacent to an activating group) is 1. The van der Waals surface area contributed by atoms with Crippen LogP contribution in [-0.4, -0.2) is 97.5 Å². The van der Waals surface area contributed by atoms with Crippen molar-refractivity contribution in [2.24, 2.45) is 5.92 Å². The largest absolute Gasteiger partial charge is 0.368 e. The van der Waals surface area contributed by atoms with Gasteiger partial charge in [-0.05, 0) is 50.8 Å². The van der Waals surface area contributed by atoms with E-state index in [4.69, 9.17) is 0 Å². The van der Waals surface area contributed by atoms with Crippen LogP contribution in [-0.2, 0) is 9.59 Å². The first-order valence-corrected chi connectivity index (χ1v) is 12.4. The monoisotopic (exact) mass is 439 g/mol. The number of benzene rings is 1. The minimum Gasteiger partial charge on any atom is -0.368 e. The molecule has 3 aliphatic heterocycles. The number of hydrogen-bond acceptors (Lipinski definition) is 5. The third-order valence-electron chi connectivity index (χ3n) is 7.98. The Balaban J connectivity index is 1.12. The fourth-order valence-electron chi connectivity index (χ4n) is 5.79. The van der Waals surface area contributed by atoms with Crippen molar-refractivity contribution in [1.29, 1.82) is 0 Å². The summed E-state index contributed by atoms with van der Waals surface area (Å²) in [4.78, 5) is 35.0. The average Bonchev–Trinajstić information content (AvgIpc) is 3.56. The highest BCUT2D eigenvalue weighted by Gasteiger charge is 2.46. The standard InChI is InChI=1S/C25H37N5O2/c1-27-21(17-26-25(32)24-22(27)11-12-30(24)18-19-7-8-19)9-10-23(31)29-15-13-28(14-16-29)20-5-3-2-4-6-20/h2-6,19,21-22,24H,7-18H2,1H3,(H,26,32)/t21-,22-,24-/m0/s1. The summed E-state index contributed by atoms with van der Waals surface area (Å²) in [5.41, 5.74) is 1.23. The van der Waals surface area contributed by atoms with Crippen LogP contribution >= 0.6 is 0 Å². The molecule has 4 aliphatic rings. The molecule has 1 aromatic carbocycles. The summed E-state index contributed by atoms with van der Waals surface area (Å²) < 4.78 is 0. The van der Waals surface area contributed by atoms with Crippen LogP contribution in [0.15, 0.2) is 30.3 Å². The molecule has 0 unspecified atom stereocenters. The predicted molar refractivity (Wildman–Crippen MR) is 126 cm³/mol. The van der Waals surface area contributed by atoms with Gasteiger partial charge in [0.1, 0.15) is 6.04 Å². The molecular weight excluding hydrogens is 402 g/mol. The van der Waals surface area contributed by atoms with Crippen LogP contribution in [0, 0.1) is 5.92 Å². The molecule has 0 radical (unpaired) electrons. The third kappa shape index (κ3) is 4.64. The molecule has 4 fully saturated rings. The van der Waals surface area contributed by atoms with E-state index in [1.165, 1.54) is 18.5 Å². The molecular formula is C25H37N5O2. The quantitative estimate of drug-likeness (QED) is 0.726. The first-order chi connectivity index (χ1) is 15.6. The van der Waals surface area contributed by atoms with Crippen molar-refractivity contribution in [2.45, 2.75) is 50.2 Å². The summed E-state index contributed by atoms with van der Waals surface area (Å²) in [7, 11) is 2.16. The number of fused-ring (bicyclic) bond motifs is 1. The van der Waals surface area contributed by atoms with Gasteiger partial charge in [-0.25, -0.2) is 0 Å². The number of nitrogens with one attached hydrogen (secondary N) is 1. The summed E-state index contributed by atoms with van der Waals surface area (Å²) in [6, 6.07) is 10.9. The van der Waals surface area contributed by atoms with E-state index in [-0.39, 0.29) is 29.9 Å². The summed E-state index contributed by atoms with van der Waals surface area (Å²) in [5.74, 6) is 1.23. The Morgan fingerprint density at radius 2 is 1.78 bits per heavy atom.